The van der Waals surface area contributed by atoms with E-state index in [0.29, 0.717) is 6.42 Å². The summed E-state index contributed by atoms with van der Waals surface area (Å²) in [6, 6.07) is 9.92. The van der Waals surface area contributed by atoms with Crippen LogP contribution in [0.5, 0.6) is 5.75 Å². The maximum atomic E-state index is 13.6. The SMILES string of the molecule is CC(=O)c1cccc(F)c1OCCc1ccccn1. The summed E-state index contributed by atoms with van der Waals surface area (Å²) in [5.74, 6) is -0.716. The fraction of sp³-hybridized carbons (Fsp3) is 0.200. The van der Waals surface area contributed by atoms with Crippen molar-refractivity contribution in [3.63, 3.8) is 0 Å². The minimum Gasteiger partial charge on any atom is -0.489 e. The quantitative estimate of drug-likeness (QED) is 0.775. The van der Waals surface area contributed by atoms with Crippen LogP contribution in [0.25, 0.3) is 0 Å². The molecule has 0 unspecified atom stereocenters. The summed E-state index contributed by atoms with van der Waals surface area (Å²) in [7, 11) is 0. The normalized spacial score (nSPS) is 10.2. The minimum atomic E-state index is -0.520. The number of carbonyl (C=O) groups excluding carboxylic acids is 1. The standard InChI is InChI=1S/C15H14FNO2/c1-11(18)13-6-4-7-14(16)15(13)19-10-8-12-5-2-3-9-17-12/h2-7,9H,8,10H2,1H3. The molecule has 0 saturated heterocycles. The van der Waals surface area contributed by atoms with Crippen LogP contribution in [0.4, 0.5) is 4.39 Å². The van der Waals surface area contributed by atoms with Gasteiger partial charge in [-0.2, -0.15) is 0 Å². The third-order valence-corrected chi connectivity index (χ3v) is 2.68. The molecular weight excluding hydrogens is 245 g/mol. The van der Waals surface area contributed by atoms with Gasteiger partial charge in [-0.05, 0) is 31.2 Å². The molecule has 1 aromatic heterocycles. The van der Waals surface area contributed by atoms with Crippen LogP contribution in [0.2, 0.25) is 0 Å². The van der Waals surface area contributed by atoms with Gasteiger partial charge in [-0.3, -0.25) is 9.78 Å². The van der Waals surface area contributed by atoms with Crippen molar-refractivity contribution in [3.8, 4) is 5.75 Å². The number of ether oxygens (including phenoxy) is 1. The predicted octanol–water partition coefficient (Wildman–Crippen LogP) is 3.04. The fourth-order valence-electron chi connectivity index (χ4n) is 1.74. The van der Waals surface area contributed by atoms with E-state index in [1.54, 1.807) is 12.3 Å². The lowest BCUT2D eigenvalue weighted by atomic mass is 10.1. The van der Waals surface area contributed by atoms with Crippen molar-refractivity contribution in [2.45, 2.75) is 13.3 Å². The summed E-state index contributed by atoms with van der Waals surface area (Å²) in [5, 5.41) is 0. The van der Waals surface area contributed by atoms with Crippen molar-refractivity contribution in [3.05, 3.63) is 59.7 Å². The van der Waals surface area contributed by atoms with Crippen LogP contribution in [-0.4, -0.2) is 17.4 Å². The van der Waals surface area contributed by atoms with Crippen LogP contribution in [-0.2, 0) is 6.42 Å². The first-order chi connectivity index (χ1) is 9.18. The Hall–Kier alpha value is -2.23. The Morgan fingerprint density at radius 1 is 1.26 bits per heavy atom. The molecule has 0 atom stereocenters. The molecule has 19 heavy (non-hydrogen) atoms. The number of aromatic nitrogens is 1. The molecule has 0 amide bonds. The molecule has 0 aliphatic carbocycles. The highest BCUT2D eigenvalue weighted by Gasteiger charge is 2.13. The Bertz CT molecular complexity index is 570. The number of rotatable bonds is 5. The second-order valence-corrected chi connectivity index (χ2v) is 4.09. The van der Waals surface area contributed by atoms with Crippen molar-refractivity contribution < 1.29 is 13.9 Å². The zero-order valence-electron chi connectivity index (χ0n) is 10.6. The molecule has 0 spiro atoms. The van der Waals surface area contributed by atoms with Gasteiger partial charge in [-0.25, -0.2) is 4.39 Å². The Kier molecular flexibility index (Phi) is 4.23. The monoisotopic (exact) mass is 259 g/mol. The molecule has 3 nitrogen and oxygen atoms in total. The van der Waals surface area contributed by atoms with E-state index >= 15 is 0 Å². The maximum Gasteiger partial charge on any atom is 0.165 e. The highest BCUT2D eigenvalue weighted by atomic mass is 19.1. The number of para-hydroxylation sites is 1. The maximum absolute atomic E-state index is 13.6. The first kappa shape index (κ1) is 13.2. The van der Waals surface area contributed by atoms with E-state index in [-0.39, 0.29) is 23.7 Å². The summed E-state index contributed by atoms with van der Waals surface area (Å²) in [6.07, 6.45) is 2.26. The zero-order chi connectivity index (χ0) is 13.7. The Labute approximate surface area is 111 Å². The number of hydrogen-bond acceptors (Lipinski definition) is 3. The molecule has 4 heteroatoms. The van der Waals surface area contributed by atoms with Gasteiger partial charge in [0.2, 0.25) is 0 Å². The molecule has 1 heterocycles. The van der Waals surface area contributed by atoms with E-state index in [2.05, 4.69) is 4.98 Å². The van der Waals surface area contributed by atoms with Crippen molar-refractivity contribution in [1.82, 2.24) is 4.98 Å². The molecule has 1 aromatic carbocycles. The highest BCUT2D eigenvalue weighted by Crippen LogP contribution is 2.23. The average molecular weight is 259 g/mol. The van der Waals surface area contributed by atoms with Crippen LogP contribution in [0, 0.1) is 5.82 Å². The molecule has 0 saturated carbocycles. The first-order valence-electron chi connectivity index (χ1n) is 6.00. The van der Waals surface area contributed by atoms with Crippen LogP contribution < -0.4 is 4.74 Å². The topological polar surface area (TPSA) is 39.2 Å². The molecule has 0 aliphatic heterocycles. The number of halogens is 1. The minimum absolute atomic E-state index is 0.0194. The van der Waals surface area contributed by atoms with Gasteiger partial charge in [0, 0.05) is 18.3 Å². The second kappa shape index (κ2) is 6.09. The first-order valence-corrected chi connectivity index (χ1v) is 6.00. The molecule has 98 valence electrons. The van der Waals surface area contributed by atoms with E-state index in [4.69, 9.17) is 4.74 Å². The van der Waals surface area contributed by atoms with Gasteiger partial charge in [0.1, 0.15) is 0 Å². The van der Waals surface area contributed by atoms with Crippen LogP contribution in [0.1, 0.15) is 23.0 Å². The number of pyridine rings is 1. The van der Waals surface area contributed by atoms with Gasteiger partial charge in [-0.1, -0.05) is 12.1 Å². The number of ketones is 1. The third-order valence-electron chi connectivity index (χ3n) is 2.68. The van der Waals surface area contributed by atoms with Crippen molar-refractivity contribution in [2.24, 2.45) is 0 Å². The number of hydrogen-bond donors (Lipinski definition) is 0. The molecule has 0 aliphatic rings. The molecular formula is C15H14FNO2. The van der Waals surface area contributed by atoms with E-state index in [1.807, 2.05) is 18.2 Å². The van der Waals surface area contributed by atoms with E-state index in [1.165, 1.54) is 19.1 Å². The summed E-state index contributed by atoms with van der Waals surface area (Å²) in [6.45, 7) is 1.67. The lowest BCUT2D eigenvalue weighted by Crippen LogP contribution is -2.07. The van der Waals surface area contributed by atoms with Gasteiger partial charge >= 0.3 is 0 Å². The van der Waals surface area contributed by atoms with Gasteiger partial charge in [0.15, 0.2) is 17.3 Å². The number of Topliss-reactive ketones (excluding diaryl/α,β-unsaturated/α-hetero) is 1. The summed E-state index contributed by atoms with van der Waals surface area (Å²) in [4.78, 5) is 15.5. The van der Waals surface area contributed by atoms with Crippen LogP contribution in [0.3, 0.4) is 0 Å². The highest BCUT2D eigenvalue weighted by molar-refractivity contribution is 5.96. The predicted molar refractivity (Wildman–Crippen MR) is 69.8 cm³/mol. The van der Waals surface area contributed by atoms with E-state index in [9.17, 15) is 9.18 Å². The summed E-state index contributed by atoms with van der Waals surface area (Å²) in [5.41, 5.74) is 1.13. The van der Waals surface area contributed by atoms with Crippen LogP contribution in [0.15, 0.2) is 42.6 Å². The number of nitrogens with zero attached hydrogens (tertiary/aromatic N) is 1. The molecule has 0 bridgehead atoms. The largest absolute Gasteiger partial charge is 0.489 e. The lowest BCUT2D eigenvalue weighted by molar-refractivity contribution is 0.101. The number of carbonyl (C=O) groups is 1. The lowest BCUT2D eigenvalue weighted by Gasteiger charge is -2.10. The smallest absolute Gasteiger partial charge is 0.165 e. The van der Waals surface area contributed by atoms with Gasteiger partial charge in [0.25, 0.3) is 0 Å². The van der Waals surface area contributed by atoms with Crippen molar-refractivity contribution >= 4 is 5.78 Å². The zero-order valence-corrected chi connectivity index (χ0v) is 10.6. The second-order valence-electron chi connectivity index (χ2n) is 4.09. The van der Waals surface area contributed by atoms with Gasteiger partial charge in [-0.15, -0.1) is 0 Å². The molecule has 2 rings (SSSR count). The Morgan fingerprint density at radius 3 is 2.79 bits per heavy atom. The fourth-order valence-corrected chi connectivity index (χ4v) is 1.74. The summed E-state index contributed by atoms with van der Waals surface area (Å²) < 4.78 is 19.0. The Balaban J connectivity index is 2.05. The van der Waals surface area contributed by atoms with Gasteiger partial charge < -0.3 is 4.74 Å². The Morgan fingerprint density at radius 2 is 2.11 bits per heavy atom. The van der Waals surface area contributed by atoms with Crippen molar-refractivity contribution in [1.29, 1.82) is 0 Å². The molecule has 2 aromatic rings. The third kappa shape index (κ3) is 3.37. The van der Waals surface area contributed by atoms with Crippen LogP contribution >= 0.6 is 0 Å². The number of benzene rings is 1. The molecule has 0 radical (unpaired) electrons. The van der Waals surface area contributed by atoms with E-state index in [0.717, 1.165) is 5.69 Å². The van der Waals surface area contributed by atoms with E-state index < -0.39 is 5.82 Å². The summed E-state index contributed by atoms with van der Waals surface area (Å²) >= 11 is 0. The van der Waals surface area contributed by atoms with Gasteiger partial charge in [0.05, 0.1) is 12.2 Å². The van der Waals surface area contributed by atoms with Crippen molar-refractivity contribution in [2.75, 3.05) is 6.61 Å². The average Bonchev–Trinajstić information content (AvgIpc) is 2.41. The molecule has 0 fully saturated rings. The molecule has 0 N–H and O–H groups in total.